The number of nitrogens with two attached hydrogens (primary N) is 1. The first-order valence-corrected chi connectivity index (χ1v) is 5.77. The van der Waals surface area contributed by atoms with Crippen molar-refractivity contribution in [1.29, 1.82) is 0 Å². The Morgan fingerprint density at radius 2 is 1.76 bits per heavy atom. The molecule has 0 aliphatic heterocycles. The summed E-state index contributed by atoms with van der Waals surface area (Å²) in [4.78, 5) is -0.591. The van der Waals surface area contributed by atoms with Crippen LogP contribution in [-0.4, -0.2) is 23.9 Å². The van der Waals surface area contributed by atoms with Gasteiger partial charge in [0.05, 0.1) is 12.1 Å². The van der Waals surface area contributed by atoms with Gasteiger partial charge in [-0.2, -0.15) is 22.0 Å². The molecule has 0 radical (unpaired) electrons. The minimum atomic E-state index is -4.73. The Labute approximate surface area is 120 Å². The van der Waals surface area contributed by atoms with Crippen molar-refractivity contribution in [3.05, 3.63) is 29.3 Å². The Hall–Kier alpha value is -1.58. The van der Waals surface area contributed by atoms with Gasteiger partial charge in [0.2, 0.25) is 0 Å². The van der Waals surface area contributed by atoms with Crippen molar-refractivity contribution < 1.29 is 30.7 Å². The second kappa shape index (κ2) is 6.04. The number of anilines is 1. The SMILES string of the molecule is NC(=S)c1cc(NCC(F)(F)C(F)F)ccc1C(F)(F)F. The zero-order chi connectivity index (χ0) is 16.4. The number of hydrogen-bond acceptors (Lipinski definition) is 2. The van der Waals surface area contributed by atoms with Gasteiger partial charge in [-0.15, -0.1) is 0 Å². The van der Waals surface area contributed by atoms with Gasteiger partial charge < -0.3 is 11.1 Å². The molecule has 0 fully saturated rings. The van der Waals surface area contributed by atoms with E-state index in [0.29, 0.717) is 6.07 Å². The first-order chi connectivity index (χ1) is 9.45. The molecule has 0 bridgehead atoms. The molecular weight excluding hydrogens is 325 g/mol. The van der Waals surface area contributed by atoms with Crippen molar-refractivity contribution in [3.8, 4) is 0 Å². The van der Waals surface area contributed by atoms with Crippen LogP contribution in [0.3, 0.4) is 0 Å². The molecule has 0 spiro atoms. The van der Waals surface area contributed by atoms with Crippen LogP contribution >= 0.6 is 12.2 Å². The molecule has 0 saturated heterocycles. The lowest BCUT2D eigenvalue weighted by Gasteiger charge is -2.18. The van der Waals surface area contributed by atoms with E-state index in [-0.39, 0.29) is 5.69 Å². The zero-order valence-corrected chi connectivity index (χ0v) is 11.0. The highest BCUT2D eigenvalue weighted by atomic mass is 32.1. The van der Waals surface area contributed by atoms with Crippen molar-refractivity contribution in [2.45, 2.75) is 18.5 Å². The summed E-state index contributed by atoms with van der Waals surface area (Å²) in [7, 11) is 0. The zero-order valence-electron chi connectivity index (χ0n) is 10.1. The summed E-state index contributed by atoms with van der Waals surface area (Å²) in [6, 6.07) is 2.19. The molecule has 0 aromatic heterocycles. The van der Waals surface area contributed by atoms with Gasteiger partial charge in [-0.1, -0.05) is 12.2 Å². The molecular formula is C11H9F7N2S. The molecule has 10 heteroatoms. The van der Waals surface area contributed by atoms with Crippen LogP contribution in [-0.2, 0) is 6.18 Å². The number of thiocarbonyl (C=S) groups is 1. The minimum Gasteiger partial charge on any atom is -0.389 e. The van der Waals surface area contributed by atoms with Crippen LogP contribution in [0.4, 0.5) is 36.4 Å². The maximum absolute atomic E-state index is 12.7. The van der Waals surface area contributed by atoms with Crippen LogP contribution in [0.5, 0.6) is 0 Å². The summed E-state index contributed by atoms with van der Waals surface area (Å²) in [5.41, 5.74) is 3.20. The predicted octanol–water partition coefficient (Wildman–Crippen LogP) is 3.65. The number of hydrogen-bond donors (Lipinski definition) is 2. The maximum Gasteiger partial charge on any atom is 0.417 e. The fraction of sp³-hybridized carbons (Fsp3) is 0.364. The molecule has 2 nitrogen and oxygen atoms in total. The second-order valence-corrected chi connectivity index (χ2v) is 4.48. The van der Waals surface area contributed by atoms with Crippen molar-refractivity contribution in [3.63, 3.8) is 0 Å². The highest BCUT2D eigenvalue weighted by Gasteiger charge is 2.40. The first kappa shape index (κ1) is 17.5. The van der Waals surface area contributed by atoms with Gasteiger partial charge in [-0.3, -0.25) is 0 Å². The number of halogens is 7. The van der Waals surface area contributed by atoms with Gasteiger partial charge >= 0.3 is 18.5 Å². The van der Waals surface area contributed by atoms with Gasteiger partial charge in [-0.05, 0) is 18.2 Å². The molecule has 21 heavy (non-hydrogen) atoms. The Bertz CT molecular complexity index is 528. The largest absolute Gasteiger partial charge is 0.417 e. The molecule has 0 unspecified atom stereocenters. The molecule has 0 heterocycles. The monoisotopic (exact) mass is 334 g/mol. The van der Waals surface area contributed by atoms with E-state index in [1.54, 1.807) is 0 Å². The van der Waals surface area contributed by atoms with Crippen LogP contribution in [0.15, 0.2) is 18.2 Å². The summed E-state index contributed by atoms with van der Waals surface area (Å²) in [5.74, 6) is -4.31. The van der Waals surface area contributed by atoms with Gasteiger partial charge in [0, 0.05) is 11.3 Å². The molecule has 0 aliphatic carbocycles. The van der Waals surface area contributed by atoms with Crippen molar-refractivity contribution >= 4 is 22.9 Å². The van der Waals surface area contributed by atoms with Crippen LogP contribution in [0.2, 0.25) is 0 Å². The third-order valence-electron chi connectivity index (χ3n) is 2.44. The average Bonchev–Trinajstić information content (AvgIpc) is 2.34. The van der Waals surface area contributed by atoms with Crippen LogP contribution in [0.1, 0.15) is 11.1 Å². The molecule has 1 rings (SSSR count). The van der Waals surface area contributed by atoms with Crippen molar-refractivity contribution in [2.24, 2.45) is 5.73 Å². The summed E-state index contributed by atoms with van der Waals surface area (Å²) >= 11 is 4.46. The van der Waals surface area contributed by atoms with Crippen LogP contribution in [0.25, 0.3) is 0 Å². The van der Waals surface area contributed by atoms with Crippen LogP contribution in [0, 0.1) is 0 Å². The smallest absolute Gasteiger partial charge is 0.389 e. The summed E-state index contributed by atoms with van der Waals surface area (Å²) in [6.45, 7) is -1.44. The van der Waals surface area contributed by atoms with E-state index in [1.165, 1.54) is 0 Å². The highest BCUT2D eigenvalue weighted by molar-refractivity contribution is 7.80. The topological polar surface area (TPSA) is 38.0 Å². The number of alkyl halides is 7. The highest BCUT2D eigenvalue weighted by Crippen LogP contribution is 2.33. The fourth-order valence-electron chi connectivity index (χ4n) is 1.40. The summed E-state index contributed by atoms with van der Waals surface area (Å²) in [5, 5.41) is 1.93. The number of nitrogens with one attached hydrogen (secondary N) is 1. The predicted molar refractivity (Wildman–Crippen MR) is 66.8 cm³/mol. The Kier molecular flexibility index (Phi) is 5.03. The normalized spacial score (nSPS) is 12.6. The first-order valence-electron chi connectivity index (χ1n) is 5.36. The van der Waals surface area contributed by atoms with E-state index in [1.807, 2.05) is 5.32 Å². The van der Waals surface area contributed by atoms with Gasteiger partial charge in [0.25, 0.3) is 0 Å². The van der Waals surface area contributed by atoms with E-state index in [9.17, 15) is 30.7 Å². The summed E-state index contributed by atoms with van der Waals surface area (Å²) in [6.07, 6.45) is -8.63. The number of rotatable bonds is 5. The van der Waals surface area contributed by atoms with E-state index < -0.39 is 41.2 Å². The average molecular weight is 334 g/mol. The minimum absolute atomic E-state index is 0.230. The molecule has 1 aromatic carbocycles. The van der Waals surface area contributed by atoms with Gasteiger partial charge in [0.15, 0.2) is 0 Å². The molecule has 0 aliphatic rings. The Morgan fingerprint density at radius 1 is 1.19 bits per heavy atom. The third kappa shape index (κ3) is 4.45. The number of benzene rings is 1. The van der Waals surface area contributed by atoms with E-state index >= 15 is 0 Å². The van der Waals surface area contributed by atoms with Gasteiger partial charge in [0.1, 0.15) is 4.99 Å². The molecule has 0 saturated carbocycles. The molecule has 0 amide bonds. The third-order valence-corrected chi connectivity index (χ3v) is 2.66. The van der Waals surface area contributed by atoms with Gasteiger partial charge in [-0.25, -0.2) is 8.78 Å². The molecule has 1 aromatic rings. The van der Waals surface area contributed by atoms with E-state index in [4.69, 9.17) is 5.73 Å². The quantitative estimate of drug-likeness (QED) is 0.638. The lowest BCUT2D eigenvalue weighted by Crippen LogP contribution is -2.34. The Morgan fingerprint density at radius 3 is 2.19 bits per heavy atom. The van der Waals surface area contributed by atoms with Crippen molar-refractivity contribution in [1.82, 2.24) is 0 Å². The van der Waals surface area contributed by atoms with Crippen molar-refractivity contribution in [2.75, 3.05) is 11.9 Å². The fourth-order valence-corrected chi connectivity index (χ4v) is 1.57. The lowest BCUT2D eigenvalue weighted by molar-refractivity contribution is -0.137. The molecule has 3 N–H and O–H groups in total. The standard InChI is InChI=1S/C11H9F7N2S/c12-9(13)10(14,15)4-20-5-1-2-7(11(16,17)18)6(3-5)8(19)21/h1-3,9,20H,4H2,(H2,19,21). The van der Waals surface area contributed by atoms with E-state index in [0.717, 1.165) is 12.1 Å². The second-order valence-electron chi connectivity index (χ2n) is 4.04. The lowest BCUT2D eigenvalue weighted by atomic mass is 10.1. The molecule has 118 valence electrons. The van der Waals surface area contributed by atoms with E-state index in [2.05, 4.69) is 12.2 Å². The van der Waals surface area contributed by atoms with Crippen LogP contribution < -0.4 is 11.1 Å². The maximum atomic E-state index is 12.7. The Balaban J connectivity index is 3.03. The summed E-state index contributed by atoms with van der Waals surface area (Å²) < 4.78 is 87.4. The molecule has 0 atom stereocenters.